The van der Waals surface area contributed by atoms with Crippen LogP contribution in [0.2, 0.25) is 0 Å². The molecule has 0 aliphatic carbocycles. The van der Waals surface area contributed by atoms with E-state index in [4.69, 9.17) is 18.9 Å². The van der Waals surface area contributed by atoms with E-state index >= 15 is 0 Å². The Morgan fingerprint density at radius 1 is 0.291 bits per heavy atom. The van der Waals surface area contributed by atoms with Gasteiger partial charge in [0.2, 0.25) is 0 Å². The smallest absolute Gasteiger partial charge is 0.306 e. The molecule has 0 aromatic heterocycles. The predicted molar refractivity (Wildman–Crippen MR) is 445 cm³/mol. The number of esters is 2. The molecule has 0 bridgehead atoms. The van der Waals surface area contributed by atoms with Crippen molar-refractivity contribution in [3.8, 4) is 0 Å². The molecule has 0 radical (unpaired) electrons. The number of hydrogen-bond acceptors (Lipinski definition) is 8. The highest BCUT2D eigenvalue weighted by molar-refractivity contribution is 5.70. The standard InChI is InChI=1S/C94H179NO8/c1-6-8-10-12-14-16-18-20-22-24-26-28-30-32-34-36-38-40-42-44-45-46-47-49-51-53-55-57-59-61-63-65-67-69-71-73-75-77-79-81-83-85-92(97)103-90(89-102-94(93(98)99)100-87-86-95(3,4)5)88-101-91(96)84-82-80-78-76-74-72-70-68-66-64-62-60-58-56-54-52-50-48-43-41-39-37-35-33-31-29-27-25-23-21-19-17-15-13-11-9-7-2/h18,20,24-27,90,94H,6-17,19,21-23,28-89H2,1-5H3/b20-18-,26-24-,27-25-. The van der Waals surface area contributed by atoms with Gasteiger partial charge >= 0.3 is 11.9 Å². The van der Waals surface area contributed by atoms with Crippen molar-refractivity contribution in [1.29, 1.82) is 0 Å². The van der Waals surface area contributed by atoms with Gasteiger partial charge in [0.05, 0.1) is 40.3 Å². The summed E-state index contributed by atoms with van der Waals surface area (Å²) in [5, 5.41) is 11.9. The second-order valence-electron chi connectivity index (χ2n) is 32.9. The van der Waals surface area contributed by atoms with Gasteiger partial charge in [-0.2, -0.15) is 0 Å². The van der Waals surface area contributed by atoms with Crippen molar-refractivity contribution in [2.24, 2.45) is 0 Å². The molecule has 608 valence electrons. The number of nitrogens with zero attached hydrogens (tertiary/aromatic N) is 1. The first-order valence-electron chi connectivity index (χ1n) is 46.1. The van der Waals surface area contributed by atoms with E-state index in [1.54, 1.807) is 0 Å². The van der Waals surface area contributed by atoms with Gasteiger partial charge in [-0.05, 0) is 70.6 Å². The van der Waals surface area contributed by atoms with Crippen LogP contribution in [0, 0.1) is 0 Å². The molecule has 2 atom stereocenters. The predicted octanol–water partition coefficient (Wildman–Crippen LogP) is 28.8. The number of allylic oxidation sites excluding steroid dienone is 6. The number of aliphatic carboxylic acids is 1. The van der Waals surface area contributed by atoms with Gasteiger partial charge in [0, 0.05) is 12.8 Å². The molecule has 103 heavy (non-hydrogen) atoms. The number of ether oxygens (including phenoxy) is 4. The Balaban J connectivity index is 3.87. The molecule has 0 aliphatic heterocycles. The molecule has 9 heteroatoms. The van der Waals surface area contributed by atoms with Crippen LogP contribution in [0.4, 0.5) is 0 Å². The minimum absolute atomic E-state index is 0.152. The van der Waals surface area contributed by atoms with E-state index in [0.29, 0.717) is 17.4 Å². The highest BCUT2D eigenvalue weighted by Crippen LogP contribution is 2.21. The summed E-state index contributed by atoms with van der Waals surface area (Å²) in [6.07, 6.45) is 109. The number of carbonyl (C=O) groups excluding carboxylic acids is 3. The number of carboxylic acid groups (broad SMARTS) is 1. The first-order valence-corrected chi connectivity index (χ1v) is 46.1. The number of rotatable bonds is 88. The van der Waals surface area contributed by atoms with Gasteiger partial charge in [-0.1, -0.05) is 442 Å². The van der Waals surface area contributed by atoms with E-state index in [2.05, 4.69) is 50.3 Å². The highest BCUT2D eigenvalue weighted by atomic mass is 16.7. The number of hydrogen-bond donors (Lipinski definition) is 0. The van der Waals surface area contributed by atoms with Crippen molar-refractivity contribution >= 4 is 17.9 Å². The molecule has 0 heterocycles. The Hall–Kier alpha value is -2.49. The zero-order valence-corrected chi connectivity index (χ0v) is 70.0. The maximum Gasteiger partial charge on any atom is 0.306 e. The first-order chi connectivity index (χ1) is 50.6. The second-order valence-corrected chi connectivity index (χ2v) is 32.9. The fourth-order valence-electron chi connectivity index (χ4n) is 14.3. The first kappa shape index (κ1) is 101. The average molecular weight is 1450 g/mol. The van der Waals surface area contributed by atoms with Crippen LogP contribution in [0.15, 0.2) is 36.5 Å². The summed E-state index contributed by atoms with van der Waals surface area (Å²) in [4.78, 5) is 37.7. The van der Waals surface area contributed by atoms with Crippen molar-refractivity contribution in [3.63, 3.8) is 0 Å². The lowest BCUT2D eigenvalue weighted by molar-refractivity contribution is -0.870. The van der Waals surface area contributed by atoms with E-state index in [1.165, 1.54) is 417 Å². The molecule has 2 unspecified atom stereocenters. The average Bonchev–Trinajstić information content (AvgIpc) is 1.01. The van der Waals surface area contributed by atoms with Gasteiger partial charge < -0.3 is 33.3 Å². The van der Waals surface area contributed by atoms with E-state index < -0.39 is 24.3 Å². The Labute approximate surface area is 642 Å². The molecule has 0 saturated heterocycles. The molecule has 0 amide bonds. The summed E-state index contributed by atoms with van der Waals surface area (Å²) < 4.78 is 22.9. The minimum atomic E-state index is -1.62. The largest absolute Gasteiger partial charge is 0.545 e. The third-order valence-corrected chi connectivity index (χ3v) is 21.4. The summed E-state index contributed by atoms with van der Waals surface area (Å²) in [5.74, 6) is -2.24. The minimum Gasteiger partial charge on any atom is -0.545 e. The van der Waals surface area contributed by atoms with Crippen molar-refractivity contribution in [2.45, 2.75) is 501 Å². The fraction of sp³-hybridized carbons (Fsp3) is 0.904. The lowest BCUT2D eigenvalue weighted by Gasteiger charge is -2.26. The SMILES string of the molecule is CCCCCCC/C=C\C/C=C\CCCCCCCCCCCCCCCCCCCCCCCCCCCCCCCC(=O)OC(COC(=O)CCCCCCCCCCCCCCCCCCCCCCCCCCC/C=C\CCCCCCCCCC)COC(OCC[N+](C)(C)C)C(=O)[O-]. The zero-order chi connectivity index (χ0) is 74.6. The van der Waals surface area contributed by atoms with Gasteiger partial charge in [-0.15, -0.1) is 0 Å². The summed E-state index contributed by atoms with van der Waals surface area (Å²) in [7, 11) is 5.96. The van der Waals surface area contributed by atoms with Gasteiger partial charge in [0.25, 0.3) is 0 Å². The lowest BCUT2D eigenvalue weighted by Crippen LogP contribution is -2.44. The zero-order valence-electron chi connectivity index (χ0n) is 70.0. The van der Waals surface area contributed by atoms with Crippen LogP contribution in [-0.2, 0) is 33.3 Å². The number of unbranched alkanes of at least 4 members (excludes halogenated alkanes) is 67. The summed E-state index contributed by atoms with van der Waals surface area (Å²) in [6.45, 7) is 4.83. The summed E-state index contributed by atoms with van der Waals surface area (Å²) in [6, 6.07) is 0. The molecule has 0 fully saturated rings. The van der Waals surface area contributed by atoms with Crippen LogP contribution >= 0.6 is 0 Å². The second kappa shape index (κ2) is 85.1. The number of carbonyl (C=O) groups is 3. The van der Waals surface area contributed by atoms with Crippen molar-refractivity contribution in [2.75, 3.05) is 47.5 Å². The van der Waals surface area contributed by atoms with E-state index in [0.717, 1.165) is 44.9 Å². The summed E-state index contributed by atoms with van der Waals surface area (Å²) in [5.41, 5.74) is 0. The molecule has 9 nitrogen and oxygen atoms in total. The van der Waals surface area contributed by atoms with Gasteiger partial charge in [0.1, 0.15) is 13.2 Å². The van der Waals surface area contributed by atoms with E-state index in [-0.39, 0.29) is 32.2 Å². The number of likely N-dealkylation sites (N-methyl/N-ethyl adjacent to an activating group) is 1. The van der Waals surface area contributed by atoms with E-state index in [1.807, 2.05) is 21.1 Å². The van der Waals surface area contributed by atoms with Crippen LogP contribution in [-0.4, -0.2) is 82.3 Å². The molecule has 0 saturated carbocycles. The van der Waals surface area contributed by atoms with Crippen molar-refractivity contribution < 1.29 is 42.9 Å². The quantitative estimate of drug-likeness (QED) is 0.0195. The highest BCUT2D eigenvalue weighted by Gasteiger charge is 2.22. The maximum absolute atomic E-state index is 13.0. The Bertz CT molecular complexity index is 1790. The van der Waals surface area contributed by atoms with Gasteiger partial charge in [-0.3, -0.25) is 9.59 Å². The molecular weight excluding hydrogens is 1270 g/mol. The molecular formula is C94H179NO8. The molecule has 0 aromatic carbocycles. The van der Waals surface area contributed by atoms with Crippen LogP contribution in [0.3, 0.4) is 0 Å². The third-order valence-electron chi connectivity index (χ3n) is 21.4. The molecule has 0 N–H and O–H groups in total. The normalized spacial score (nSPS) is 12.7. The van der Waals surface area contributed by atoms with Crippen LogP contribution in [0.5, 0.6) is 0 Å². The van der Waals surface area contributed by atoms with Crippen LogP contribution < -0.4 is 5.11 Å². The molecule has 0 aliphatic rings. The maximum atomic E-state index is 13.0. The lowest BCUT2D eigenvalue weighted by atomic mass is 10.0. The van der Waals surface area contributed by atoms with Crippen molar-refractivity contribution in [1.82, 2.24) is 0 Å². The van der Waals surface area contributed by atoms with Crippen LogP contribution in [0.25, 0.3) is 0 Å². The molecule has 0 spiro atoms. The number of carboxylic acids is 1. The van der Waals surface area contributed by atoms with Gasteiger partial charge in [0.15, 0.2) is 12.4 Å². The fourth-order valence-corrected chi connectivity index (χ4v) is 14.3. The topological polar surface area (TPSA) is 111 Å². The Kier molecular flexibility index (Phi) is 83.1. The summed E-state index contributed by atoms with van der Waals surface area (Å²) >= 11 is 0. The van der Waals surface area contributed by atoms with E-state index in [9.17, 15) is 19.5 Å². The Morgan fingerprint density at radius 3 is 0.777 bits per heavy atom. The van der Waals surface area contributed by atoms with Crippen molar-refractivity contribution in [3.05, 3.63) is 36.5 Å². The van der Waals surface area contributed by atoms with Gasteiger partial charge in [-0.25, -0.2) is 0 Å². The number of quaternary nitrogens is 1. The molecule has 0 aromatic rings. The monoisotopic (exact) mass is 1450 g/mol. The molecule has 0 rings (SSSR count). The third kappa shape index (κ3) is 86.6. The Morgan fingerprint density at radius 2 is 0.524 bits per heavy atom. The van der Waals surface area contributed by atoms with Crippen LogP contribution in [0.1, 0.15) is 489 Å².